The van der Waals surface area contributed by atoms with E-state index in [4.69, 9.17) is 18.9 Å². The molecule has 0 aromatic heterocycles. The Labute approximate surface area is 291 Å². The molecule has 0 N–H and O–H groups in total. The predicted octanol–water partition coefficient (Wildman–Crippen LogP) is 10.2. The maximum atomic E-state index is 6.88. The first-order valence-corrected chi connectivity index (χ1v) is 19.4. The molecule has 0 spiro atoms. The molecule has 5 heteroatoms. The average Bonchev–Trinajstić information content (AvgIpc) is 3.43. The third kappa shape index (κ3) is 7.69. The first kappa shape index (κ1) is 35.5. The summed E-state index contributed by atoms with van der Waals surface area (Å²) in [4.78, 5) is 2.44. The fourth-order valence-electron chi connectivity index (χ4n) is 9.84. The standard InChI is InChI=1S/C43H63NO4/c1-7-31-27-36-33(28-39(31)45-6)18-21-35-38-22-23-40(48-41-15-11-14-26-47-41)43(38,4)29-37(42(35)36)32-16-19-34(20-17-32)46-25-13-10-8-9-12-24-44(5)30(2)3/h7,16-17,19-20,27-28,30,35,37-38,40-42H,1,8-15,18,21-26,29H2,2-6H3/t35-,37+,38-,40-,41?,42-,43-/m0/s1. The molecule has 0 radical (unpaired) electrons. The van der Waals surface area contributed by atoms with E-state index >= 15 is 0 Å². The van der Waals surface area contributed by atoms with Crippen molar-refractivity contribution in [1.29, 1.82) is 0 Å². The molecule has 1 heterocycles. The van der Waals surface area contributed by atoms with Gasteiger partial charge in [-0.1, -0.05) is 51.0 Å². The Kier molecular flexibility index (Phi) is 11.9. The minimum Gasteiger partial charge on any atom is -0.496 e. The number of fused-ring (bicyclic) bond motifs is 5. The van der Waals surface area contributed by atoms with Gasteiger partial charge in [0.1, 0.15) is 11.5 Å². The van der Waals surface area contributed by atoms with Crippen LogP contribution in [0, 0.1) is 17.3 Å². The number of unbranched alkanes of at least 4 members (excludes halogenated alkanes) is 4. The topological polar surface area (TPSA) is 40.2 Å². The van der Waals surface area contributed by atoms with Crippen molar-refractivity contribution >= 4 is 6.08 Å². The molecule has 1 unspecified atom stereocenters. The van der Waals surface area contributed by atoms with Crippen molar-refractivity contribution in [3.05, 3.63) is 65.2 Å². The van der Waals surface area contributed by atoms with Crippen LogP contribution in [0.3, 0.4) is 0 Å². The molecule has 1 aliphatic heterocycles. The lowest BCUT2D eigenvalue weighted by molar-refractivity contribution is -0.213. The van der Waals surface area contributed by atoms with Crippen molar-refractivity contribution < 1.29 is 18.9 Å². The zero-order valence-corrected chi connectivity index (χ0v) is 30.7. The molecular formula is C43H63NO4. The van der Waals surface area contributed by atoms with Crippen LogP contribution >= 0.6 is 0 Å². The summed E-state index contributed by atoms with van der Waals surface area (Å²) in [5.74, 6) is 4.13. The van der Waals surface area contributed by atoms with E-state index in [0.717, 1.165) is 68.8 Å². The molecule has 5 nitrogen and oxygen atoms in total. The molecule has 48 heavy (non-hydrogen) atoms. The number of benzene rings is 2. The molecule has 264 valence electrons. The van der Waals surface area contributed by atoms with E-state index < -0.39 is 0 Å². The van der Waals surface area contributed by atoms with Gasteiger partial charge in [-0.25, -0.2) is 0 Å². The summed E-state index contributed by atoms with van der Waals surface area (Å²) in [5, 5.41) is 0. The van der Waals surface area contributed by atoms with E-state index in [1.807, 2.05) is 6.08 Å². The quantitative estimate of drug-likeness (QED) is 0.178. The summed E-state index contributed by atoms with van der Waals surface area (Å²) in [6, 6.07) is 14.5. The van der Waals surface area contributed by atoms with Crippen molar-refractivity contribution in [2.45, 2.75) is 135 Å². The van der Waals surface area contributed by atoms with Crippen LogP contribution in [0.2, 0.25) is 0 Å². The van der Waals surface area contributed by atoms with Crippen molar-refractivity contribution in [1.82, 2.24) is 4.90 Å². The normalized spacial score (nSPS) is 29.7. The lowest BCUT2D eigenvalue weighted by Crippen LogP contribution is -2.48. The van der Waals surface area contributed by atoms with Crippen LogP contribution in [0.4, 0.5) is 0 Å². The van der Waals surface area contributed by atoms with E-state index in [1.165, 1.54) is 68.2 Å². The summed E-state index contributed by atoms with van der Waals surface area (Å²) in [6.45, 7) is 14.1. The molecule has 1 saturated heterocycles. The van der Waals surface area contributed by atoms with Gasteiger partial charge in [-0.05, 0) is 162 Å². The van der Waals surface area contributed by atoms with Crippen LogP contribution in [-0.4, -0.2) is 57.3 Å². The van der Waals surface area contributed by atoms with E-state index in [-0.39, 0.29) is 17.8 Å². The van der Waals surface area contributed by atoms with Gasteiger partial charge < -0.3 is 23.8 Å². The van der Waals surface area contributed by atoms with Crippen LogP contribution in [0.5, 0.6) is 11.5 Å². The lowest BCUT2D eigenvalue weighted by Gasteiger charge is -2.54. The fraction of sp³-hybridized carbons (Fsp3) is 0.674. The Morgan fingerprint density at radius 1 is 1.00 bits per heavy atom. The van der Waals surface area contributed by atoms with Crippen LogP contribution in [0.1, 0.15) is 132 Å². The van der Waals surface area contributed by atoms with Crippen molar-refractivity contribution in [3.63, 3.8) is 0 Å². The van der Waals surface area contributed by atoms with Gasteiger partial charge in [0.15, 0.2) is 6.29 Å². The number of ether oxygens (including phenoxy) is 4. The fourth-order valence-corrected chi connectivity index (χ4v) is 9.84. The number of methoxy groups -OCH3 is 1. The predicted molar refractivity (Wildman–Crippen MR) is 197 cm³/mol. The summed E-state index contributed by atoms with van der Waals surface area (Å²) < 4.78 is 25.1. The van der Waals surface area contributed by atoms with Gasteiger partial charge in [0.25, 0.3) is 0 Å². The minimum absolute atomic E-state index is 0.0341. The van der Waals surface area contributed by atoms with E-state index in [0.29, 0.717) is 29.7 Å². The Morgan fingerprint density at radius 3 is 2.52 bits per heavy atom. The second-order valence-electron chi connectivity index (χ2n) is 15.9. The first-order chi connectivity index (χ1) is 23.3. The largest absolute Gasteiger partial charge is 0.496 e. The number of nitrogens with zero attached hydrogens (tertiary/aromatic N) is 1. The maximum Gasteiger partial charge on any atom is 0.157 e. The Hall–Kier alpha value is -2.34. The number of hydrogen-bond donors (Lipinski definition) is 0. The van der Waals surface area contributed by atoms with Gasteiger partial charge in [0.2, 0.25) is 0 Å². The molecule has 6 rings (SSSR count). The zero-order chi connectivity index (χ0) is 33.7. The molecule has 3 fully saturated rings. The SMILES string of the molecule is C=Cc1cc2c(cc1OC)CC[C@@H]1[C@@H]2[C@@H](c2ccc(OCCCCCCCN(C)C(C)C)cc2)C[C@]2(C)[C@@H](OC3CCCCO3)CC[C@@H]12. The second kappa shape index (κ2) is 16.1. The number of rotatable bonds is 15. The van der Waals surface area contributed by atoms with Crippen LogP contribution in [0.15, 0.2) is 43.0 Å². The second-order valence-corrected chi connectivity index (χ2v) is 15.9. The van der Waals surface area contributed by atoms with Gasteiger partial charge >= 0.3 is 0 Å². The smallest absolute Gasteiger partial charge is 0.157 e. The molecule has 4 aliphatic rings. The van der Waals surface area contributed by atoms with Crippen LogP contribution in [0.25, 0.3) is 6.08 Å². The van der Waals surface area contributed by atoms with E-state index in [1.54, 1.807) is 7.11 Å². The molecule has 2 saturated carbocycles. The molecule has 0 bridgehead atoms. The van der Waals surface area contributed by atoms with Crippen LogP contribution < -0.4 is 9.47 Å². The highest BCUT2D eigenvalue weighted by molar-refractivity contribution is 5.60. The first-order valence-electron chi connectivity index (χ1n) is 19.4. The summed E-state index contributed by atoms with van der Waals surface area (Å²) in [7, 11) is 4.01. The third-order valence-electron chi connectivity index (χ3n) is 12.8. The van der Waals surface area contributed by atoms with Crippen molar-refractivity contribution in [3.8, 4) is 11.5 Å². The monoisotopic (exact) mass is 657 g/mol. The molecule has 2 aromatic rings. The molecule has 2 aromatic carbocycles. The van der Waals surface area contributed by atoms with Gasteiger partial charge in [-0.3, -0.25) is 0 Å². The highest BCUT2D eigenvalue weighted by atomic mass is 16.7. The highest BCUT2D eigenvalue weighted by Crippen LogP contribution is 2.66. The third-order valence-corrected chi connectivity index (χ3v) is 12.8. The highest BCUT2D eigenvalue weighted by Gasteiger charge is 2.59. The maximum absolute atomic E-state index is 6.88. The molecular weight excluding hydrogens is 594 g/mol. The van der Waals surface area contributed by atoms with Crippen molar-refractivity contribution in [2.75, 3.05) is 33.9 Å². The average molecular weight is 658 g/mol. The van der Waals surface area contributed by atoms with Crippen molar-refractivity contribution in [2.24, 2.45) is 17.3 Å². The van der Waals surface area contributed by atoms with Gasteiger partial charge in [-0.15, -0.1) is 0 Å². The number of aryl methyl sites for hydroxylation is 1. The molecule has 7 atom stereocenters. The van der Waals surface area contributed by atoms with Gasteiger partial charge in [0, 0.05) is 18.2 Å². The van der Waals surface area contributed by atoms with Gasteiger partial charge in [0.05, 0.1) is 19.8 Å². The van der Waals surface area contributed by atoms with Gasteiger partial charge in [-0.2, -0.15) is 0 Å². The zero-order valence-electron chi connectivity index (χ0n) is 30.7. The minimum atomic E-state index is -0.0341. The van der Waals surface area contributed by atoms with Crippen LogP contribution in [-0.2, 0) is 15.9 Å². The Morgan fingerprint density at radius 2 is 1.79 bits per heavy atom. The summed E-state index contributed by atoms with van der Waals surface area (Å²) in [5.41, 5.74) is 5.66. The number of hydrogen-bond acceptors (Lipinski definition) is 5. The van der Waals surface area contributed by atoms with E-state index in [9.17, 15) is 0 Å². The Balaban J connectivity index is 1.17. The molecule has 3 aliphatic carbocycles. The van der Waals surface area contributed by atoms with E-state index in [2.05, 4.69) is 75.7 Å². The molecule has 0 amide bonds. The summed E-state index contributed by atoms with van der Waals surface area (Å²) in [6.07, 6.45) is 17.7. The summed E-state index contributed by atoms with van der Waals surface area (Å²) >= 11 is 0. The Bertz CT molecular complexity index is 1330. The lowest BCUT2D eigenvalue weighted by atomic mass is 9.50.